The monoisotopic (exact) mass is 661 g/mol. The van der Waals surface area contributed by atoms with Crippen LogP contribution in [0.4, 0.5) is 10.5 Å². The lowest BCUT2D eigenvalue weighted by Gasteiger charge is -2.36. The van der Waals surface area contributed by atoms with E-state index in [0.29, 0.717) is 30.7 Å². The van der Waals surface area contributed by atoms with E-state index < -0.39 is 48.1 Å². The van der Waals surface area contributed by atoms with Gasteiger partial charge in [-0.15, -0.1) is 0 Å². The van der Waals surface area contributed by atoms with Gasteiger partial charge in [-0.05, 0) is 44.9 Å². The highest BCUT2D eigenvalue weighted by molar-refractivity contribution is 6.35. The second-order valence-electron chi connectivity index (χ2n) is 12.4. The fourth-order valence-electron chi connectivity index (χ4n) is 6.05. The predicted octanol–water partition coefficient (Wildman–Crippen LogP) is 3.82. The number of halogens is 1. The zero-order valence-corrected chi connectivity index (χ0v) is 28.3. The first-order chi connectivity index (χ1) is 21.7. The minimum Gasteiger partial charge on any atom is -0.495 e. The van der Waals surface area contributed by atoms with Crippen molar-refractivity contribution in [3.63, 3.8) is 0 Å². The molecule has 1 aromatic rings. The van der Waals surface area contributed by atoms with Crippen LogP contribution in [-0.4, -0.2) is 99.7 Å². The number of allylic oxidation sites excluding steroid dienone is 3. The molecule has 1 N–H and O–H groups in total. The lowest BCUT2D eigenvalue weighted by molar-refractivity contribution is -0.160. The molecular formula is C33H44ClN3O9. The van der Waals surface area contributed by atoms with Gasteiger partial charge in [0, 0.05) is 33.5 Å². The van der Waals surface area contributed by atoms with Crippen molar-refractivity contribution in [3.05, 3.63) is 46.5 Å². The summed E-state index contributed by atoms with van der Waals surface area (Å²) in [4.78, 5) is 53.7. The first-order valence-electron chi connectivity index (χ1n) is 15.3. The van der Waals surface area contributed by atoms with Crippen LogP contribution in [0, 0.1) is 5.92 Å². The SMILES string of the molecule is COc1cc2cc(c1Cl)N(C)C(=O)C[C@H](OC(=O)[C@H](C)N(C)C=O)[C@]1(C)OC1[C@H](C)C1CC(NC(=O)O1)[C@H](OC)/C=C/C=C(\C)C2. The Morgan fingerprint density at radius 1 is 1.28 bits per heavy atom. The number of esters is 1. The molecule has 3 aliphatic rings. The number of benzene rings is 1. The summed E-state index contributed by atoms with van der Waals surface area (Å²) >= 11 is 6.71. The first kappa shape index (κ1) is 35.2. The highest BCUT2D eigenvalue weighted by Gasteiger charge is 2.64. The van der Waals surface area contributed by atoms with Gasteiger partial charge < -0.3 is 38.8 Å². The van der Waals surface area contributed by atoms with Gasteiger partial charge in [-0.3, -0.25) is 9.59 Å². The van der Waals surface area contributed by atoms with E-state index in [9.17, 15) is 19.2 Å². The summed E-state index contributed by atoms with van der Waals surface area (Å²) in [5.74, 6) is -0.999. The number of nitrogens with one attached hydrogen (secondary N) is 1. The topological polar surface area (TPSA) is 136 Å². The van der Waals surface area contributed by atoms with Gasteiger partial charge in [-0.25, -0.2) is 9.59 Å². The molecule has 3 unspecified atom stereocenters. The largest absolute Gasteiger partial charge is 0.495 e. The van der Waals surface area contributed by atoms with Crippen molar-refractivity contribution < 1.29 is 42.9 Å². The van der Waals surface area contributed by atoms with Gasteiger partial charge in [0.2, 0.25) is 12.3 Å². The van der Waals surface area contributed by atoms with E-state index in [4.69, 9.17) is 35.3 Å². The van der Waals surface area contributed by atoms with Crippen molar-refractivity contribution >= 4 is 41.7 Å². The fourth-order valence-corrected chi connectivity index (χ4v) is 6.36. The first-order valence-corrected chi connectivity index (χ1v) is 15.6. The highest BCUT2D eigenvalue weighted by Crippen LogP contribution is 2.48. The highest BCUT2D eigenvalue weighted by atomic mass is 35.5. The molecule has 4 bridgehead atoms. The number of methoxy groups -OCH3 is 2. The van der Waals surface area contributed by atoms with Crippen molar-refractivity contribution in [2.24, 2.45) is 5.92 Å². The van der Waals surface area contributed by atoms with E-state index in [-0.39, 0.29) is 29.3 Å². The molecule has 46 heavy (non-hydrogen) atoms. The zero-order valence-electron chi connectivity index (χ0n) is 27.6. The number of amides is 3. The molecule has 2 fully saturated rings. The van der Waals surface area contributed by atoms with Gasteiger partial charge in [-0.2, -0.15) is 0 Å². The maximum atomic E-state index is 13.9. The van der Waals surface area contributed by atoms with Gasteiger partial charge in [0.1, 0.15) is 34.6 Å². The van der Waals surface area contributed by atoms with Crippen molar-refractivity contribution in [3.8, 4) is 5.75 Å². The lowest BCUT2D eigenvalue weighted by Crippen LogP contribution is -2.53. The van der Waals surface area contributed by atoms with E-state index in [1.165, 1.54) is 30.9 Å². The number of epoxide rings is 1. The third-order valence-electron chi connectivity index (χ3n) is 9.24. The Kier molecular flexibility index (Phi) is 11.1. The van der Waals surface area contributed by atoms with E-state index in [1.54, 1.807) is 21.1 Å². The summed E-state index contributed by atoms with van der Waals surface area (Å²) in [6, 6.07) is 2.37. The smallest absolute Gasteiger partial charge is 0.407 e. The average Bonchev–Trinajstić information content (AvgIpc) is 3.73. The number of ether oxygens (including phenoxy) is 5. The lowest BCUT2D eigenvalue weighted by atomic mass is 9.84. The van der Waals surface area contributed by atoms with Crippen LogP contribution >= 0.6 is 11.6 Å². The number of hydrogen-bond donors (Lipinski definition) is 1. The van der Waals surface area contributed by atoms with Crippen LogP contribution < -0.4 is 15.0 Å². The van der Waals surface area contributed by atoms with Crippen LogP contribution in [0.2, 0.25) is 5.02 Å². The minimum absolute atomic E-state index is 0.244. The van der Waals surface area contributed by atoms with E-state index in [1.807, 2.05) is 44.2 Å². The molecule has 3 amide bonds. The molecule has 3 aliphatic heterocycles. The number of hydrogen-bond acceptors (Lipinski definition) is 9. The Hall–Kier alpha value is -3.61. The Morgan fingerprint density at radius 3 is 2.65 bits per heavy atom. The molecule has 3 heterocycles. The molecule has 0 aliphatic carbocycles. The van der Waals surface area contributed by atoms with E-state index >= 15 is 0 Å². The molecular weight excluding hydrogens is 618 g/mol. The third-order valence-corrected chi connectivity index (χ3v) is 9.62. The predicted molar refractivity (Wildman–Crippen MR) is 171 cm³/mol. The maximum absolute atomic E-state index is 13.9. The van der Waals surface area contributed by atoms with E-state index in [0.717, 1.165) is 11.1 Å². The molecule has 8 atom stereocenters. The average molecular weight is 662 g/mol. The summed E-state index contributed by atoms with van der Waals surface area (Å²) in [6.07, 6.45) is 3.90. The van der Waals surface area contributed by atoms with Crippen molar-refractivity contribution in [2.45, 2.75) is 89.1 Å². The Bertz CT molecular complexity index is 1400. The standard InChI is InChI=1S/C33H44ClN3O9/c1-18-10-9-11-24(42-7)22-15-25(44-32(41)35-22)19(2)30-33(4,46-30)27(45-31(40)20(3)36(5)17-38)16-28(39)37(6)23-13-21(12-18)14-26(43-8)29(23)34/h9-11,13-14,17,19-20,22,24-25,27,30H,12,15-16H2,1-8H3,(H,35,41)/b11-9+,18-10+/t19-,20+,22?,24-,25?,27+,30?,33+/m1/s1. The molecule has 252 valence electrons. The number of rotatable bonds is 6. The summed E-state index contributed by atoms with van der Waals surface area (Å²) in [5.41, 5.74) is 1.21. The molecule has 12 nitrogen and oxygen atoms in total. The zero-order chi connectivity index (χ0) is 33.9. The normalized spacial score (nSPS) is 32.5. The number of carbonyl (C=O) groups excluding carboxylic acids is 4. The number of likely N-dealkylation sites (N-methyl/N-ethyl adjacent to an activating group) is 1. The summed E-state index contributed by atoms with van der Waals surface area (Å²) in [5, 5.41) is 3.12. The van der Waals surface area contributed by atoms with E-state index in [2.05, 4.69) is 5.32 Å². The van der Waals surface area contributed by atoms with Gasteiger partial charge in [-0.1, -0.05) is 42.3 Å². The minimum atomic E-state index is -1.09. The van der Waals surface area contributed by atoms with Crippen LogP contribution in [0.25, 0.3) is 0 Å². The van der Waals surface area contributed by atoms with Gasteiger partial charge >= 0.3 is 12.1 Å². The molecule has 1 aromatic carbocycles. The van der Waals surface area contributed by atoms with Gasteiger partial charge in [0.15, 0.2) is 0 Å². The Morgan fingerprint density at radius 2 is 2.00 bits per heavy atom. The molecule has 0 saturated carbocycles. The molecule has 0 spiro atoms. The Labute approximate surface area is 274 Å². The van der Waals surface area contributed by atoms with Gasteiger partial charge in [0.25, 0.3) is 0 Å². The molecule has 2 saturated heterocycles. The number of alkyl carbamates (subject to hydrolysis) is 1. The second kappa shape index (κ2) is 14.4. The Balaban J connectivity index is 1.77. The molecule has 4 rings (SSSR count). The van der Waals surface area contributed by atoms with Crippen molar-refractivity contribution in [1.82, 2.24) is 10.2 Å². The van der Waals surface area contributed by atoms with Gasteiger partial charge in [0.05, 0.1) is 37.5 Å². The van der Waals surface area contributed by atoms with Crippen molar-refractivity contribution in [1.29, 1.82) is 0 Å². The molecule has 13 heteroatoms. The fraction of sp³-hybridized carbons (Fsp3) is 0.576. The van der Waals surface area contributed by atoms with Crippen molar-refractivity contribution in [2.75, 3.05) is 33.2 Å². The number of carbonyl (C=O) groups is 4. The van der Waals surface area contributed by atoms with Crippen LogP contribution in [-0.2, 0) is 39.8 Å². The summed E-state index contributed by atoms with van der Waals surface area (Å²) < 4.78 is 29.1. The van der Waals surface area contributed by atoms with Crippen LogP contribution in [0.1, 0.15) is 46.1 Å². The summed E-state index contributed by atoms with van der Waals surface area (Å²) in [7, 11) is 6.15. The maximum Gasteiger partial charge on any atom is 0.407 e. The number of anilines is 1. The third kappa shape index (κ3) is 7.50. The van der Waals surface area contributed by atoms with Crippen LogP contribution in [0.3, 0.4) is 0 Å². The quantitative estimate of drug-likeness (QED) is 0.274. The molecule has 0 aromatic heterocycles. The second-order valence-corrected chi connectivity index (χ2v) is 12.8. The van der Waals surface area contributed by atoms with Crippen LogP contribution in [0.5, 0.6) is 5.75 Å². The molecule has 0 radical (unpaired) electrons. The van der Waals surface area contributed by atoms with Crippen LogP contribution in [0.15, 0.2) is 35.9 Å². The summed E-state index contributed by atoms with van der Waals surface area (Å²) in [6.45, 7) is 7.18. The number of fused-ring (bicyclic) bond motifs is 5. The number of nitrogens with zero attached hydrogens (tertiary/aromatic N) is 2.